The van der Waals surface area contributed by atoms with E-state index in [9.17, 15) is 14.4 Å². The number of hydrogen-bond donors (Lipinski definition) is 2. The summed E-state index contributed by atoms with van der Waals surface area (Å²) in [6.45, 7) is 5.70. The van der Waals surface area contributed by atoms with Gasteiger partial charge in [0.2, 0.25) is 0 Å². The van der Waals surface area contributed by atoms with Crippen LogP contribution in [0.1, 0.15) is 60.1 Å². The first-order valence-corrected chi connectivity index (χ1v) is 12.5. The van der Waals surface area contributed by atoms with Gasteiger partial charge in [0.05, 0.1) is 13.5 Å². The normalized spacial score (nSPS) is 12.4. The predicted octanol–water partition coefficient (Wildman–Crippen LogP) is 4.62. The molecule has 0 fully saturated rings. The zero-order chi connectivity index (χ0) is 27.3. The number of esters is 1. The topological polar surface area (TPSA) is 120 Å². The molecule has 9 heteroatoms. The number of aromatic nitrogens is 2. The highest BCUT2D eigenvalue weighted by atomic mass is 16.6. The summed E-state index contributed by atoms with van der Waals surface area (Å²) >= 11 is 0. The van der Waals surface area contributed by atoms with E-state index in [4.69, 9.17) is 14.5 Å². The number of benzene rings is 2. The summed E-state index contributed by atoms with van der Waals surface area (Å²) < 4.78 is 10.1. The van der Waals surface area contributed by atoms with Crippen molar-refractivity contribution in [1.82, 2.24) is 15.3 Å². The van der Waals surface area contributed by atoms with Gasteiger partial charge in [0, 0.05) is 29.1 Å². The maximum atomic E-state index is 13.4. The number of rotatable bonds is 7. The molecule has 2 N–H and O–H groups in total. The molecule has 38 heavy (non-hydrogen) atoms. The number of ether oxygens (including phenoxy) is 2. The molecule has 0 saturated carbocycles. The molecule has 4 rings (SSSR count). The van der Waals surface area contributed by atoms with Gasteiger partial charge in [0.15, 0.2) is 5.82 Å². The molecule has 9 nitrogen and oxygen atoms in total. The van der Waals surface area contributed by atoms with Gasteiger partial charge in [0.25, 0.3) is 5.91 Å². The van der Waals surface area contributed by atoms with Crippen LogP contribution >= 0.6 is 0 Å². The molecule has 0 radical (unpaired) electrons. The highest BCUT2D eigenvalue weighted by Gasteiger charge is 2.25. The Morgan fingerprint density at radius 3 is 2.55 bits per heavy atom. The maximum absolute atomic E-state index is 13.4. The molecule has 1 aromatic heterocycles. The van der Waals surface area contributed by atoms with Crippen LogP contribution in [-0.4, -0.2) is 40.6 Å². The molecule has 2 aromatic carbocycles. The second kappa shape index (κ2) is 11.4. The van der Waals surface area contributed by atoms with Crippen molar-refractivity contribution >= 4 is 23.7 Å². The number of anilines is 1. The van der Waals surface area contributed by atoms with Gasteiger partial charge >= 0.3 is 12.1 Å². The molecule has 0 aliphatic heterocycles. The smallest absolute Gasteiger partial charge is 0.407 e. The van der Waals surface area contributed by atoms with Gasteiger partial charge in [-0.1, -0.05) is 36.4 Å². The standard InChI is InChI=1S/C29H32N4O5/c1-29(2,3)38-28(36)30-17-18-9-7-11-20(15-18)26-31-23-14-8-12-21(23)25(33-26)27(35)32-22-13-6-5-10-19(22)16-24(34)37-4/h5-7,9-11,13,15H,8,12,14,16-17H2,1-4H3,(H,30,36)(H,32,35). The molecular weight excluding hydrogens is 484 g/mol. The lowest BCUT2D eigenvalue weighted by Crippen LogP contribution is -2.32. The Hall–Kier alpha value is -4.27. The van der Waals surface area contributed by atoms with Gasteiger partial charge in [-0.05, 0) is 63.3 Å². The van der Waals surface area contributed by atoms with Gasteiger partial charge in [-0.25, -0.2) is 14.8 Å². The summed E-state index contributed by atoms with van der Waals surface area (Å²) in [6, 6.07) is 14.6. The number of methoxy groups -OCH3 is 1. The largest absolute Gasteiger partial charge is 0.469 e. The molecular formula is C29H32N4O5. The quantitative estimate of drug-likeness (QED) is 0.440. The van der Waals surface area contributed by atoms with Crippen molar-refractivity contribution in [1.29, 1.82) is 0 Å². The molecule has 1 aliphatic rings. The number of para-hydroxylation sites is 1. The molecule has 0 spiro atoms. The van der Waals surface area contributed by atoms with Gasteiger partial charge in [0.1, 0.15) is 11.3 Å². The van der Waals surface area contributed by atoms with Crippen molar-refractivity contribution in [3.05, 3.63) is 76.6 Å². The zero-order valence-corrected chi connectivity index (χ0v) is 22.1. The van der Waals surface area contributed by atoms with Crippen molar-refractivity contribution in [2.45, 2.75) is 58.6 Å². The number of amides is 2. The fourth-order valence-corrected chi connectivity index (χ4v) is 4.26. The number of carbonyl (C=O) groups excluding carboxylic acids is 3. The van der Waals surface area contributed by atoms with Crippen LogP contribution in [0.3, 0.4) is 0 Å². The van der Waals surface area contributed by atoms with Crippen LogP contribution in [0, 0.1) is 0 Å². The summed E-state index contributed by atoms with van der Waals surface area (Å²) in [5.41, 5.74) is 4.23. The van der Waals surface area contributed by atoms with Crippen LogP contribution in [0.5, 0.6) is 0 Å². The summed E-state index contributed by atoms with van der Waals surface area (Å²) in [5, 5.41) is 5.69. The van der Waals surface area contributed by atoms with Crippen molar-refractivity contribution in [2.75, 3.05) is 12.4 Å². The van der Waals surface area contributed by atoms with Gasteiger partial charge in [-0.3, -0.25) is 9.59 Å². The van der Waals surface area contributed by atoms with E-state index < -0.39 is 17.7 Å². The molecule has 1 aliphatic carbocycles. The lowest BCUT2D eigenvalue weighted by Gasteiger charge is -2.19. The first-order chi connectivity index (χ1) is 18.1. The minimum absolute atomic E-state index is 0.0458. The lowest BCUT2D eigenvalue weighted by molar-refractivity contribution is -0.139. The van der Waals surface area contributed by atoms with E-state index >= 15 is 0 Å². The van der Waals surface area contributed by atoms with Crippen LogP contribution in [0.25, 0.3) is 11.4 Å². The molecule has 0 atom stereocenters. The molecule has 0 saturated heterocycles. The molecule has 0 unspecified atom stereocenters. The van der Waals surface area contributed by atoms with E-state index in [1.54, 1.807) is 24.3 Å². The summed E-state index contributed by atoms with van der Waals surface area (Å²) in [7, 11) is 1.33. The minimum atomic E-state index is -0.582. The van der Waals surface area contributed by atoms with E-state index in [0.717, 1.165) is 41.6 Å². The summed E-state index contributed by atoms with van der Waals surface area (Å²) in [5.74, 6) is -0.303. The van der Waals surface area contributed by atoms with E-state index in [-0.39, 0.29) is 18.9 Å². The summed E-state index contributed by atoms with van der Waals surface area (Å²) in [6.07, 6.45) is 1.94. The van der Waals surface area contributed by atoms with Crippen molar-refractivity contribution < 1.29 is 23.9 Å². The Kier molecular flexibility index (Phi) is 8.05. The molecule has 1 heterocycles. The van der Waals surface area contributed by atoms with E-state index in [2.05, 4.69) is 15.6 Å². The first-order valence-electron chi connectivity index (χ1n) is 12.5. The number of nitrogens with one attached hydrogen (secondary N) is 2. The Labute approximate surface area is 222 Å². The number of nitrogens with zero attached hydrogens (tertiary/aromatic N) is 2. The van der Waals surface area contributed by atoms with Crippen molar-refractivity contribution in [2.24, 2.45) is 0 Å². The molecule has 0 bridgehead atoms. The van der Waals surface area contributed by atoms with Crippen LogP contribution in [0.15, 0.2) is 48.5 Å². The van der Waals surface area contributed by atoms with E-state index in [0.29, 0.717) is 22.8 Å². The number of carbonyl (C=O) groups is 3. The summed E-state index contributed by atoms with van der Waals surface area (Å²) in [4.78, 5) is 46.8. The van der Waals surface area contributed by atoms with Gasteiger partial charge in [-0.2, -0.15) is 0 Å². The monoisotopic (exact) mass is 516 g/mol. The van der Waals surface area contributed by atoms with Gasteiger partial charge in [-0.15, -0.1) is 0 Å². The number of hydrogen-bond acceptors (Lipinski definition) is 7. The van der Waals surface area contributed by atoms with Crippen LogP contribution in [-0.2, 0) is 40.1 Å². The number of aryl methyl sites for hydroxylation is 1. The third-order valence-corrected chi connectivity index (χ3v) is 6.00. The Balaban J connectivity index is 1.58. The highest BCUT2D eigenvalue weighted by molar-refractivity contribution is 6.05. The first kappa shape index (κ1) is 26.8. The molecule has 198 valence electrons. The minimum Gasteiger partial charge on any atom is -0.469 e. The van der Waals surface area contributed by atoms with Crippen LogP contribution < -0.4 is 10.6 Å². The van der Waals surface area contributed by atoms with Crippen LogP contribution in [0.4, 0.5) is 10.5 Å². The van der Waals surface area contributed by atoms with Gasteiger partial charge < -0.3 is 20.1 Å². The Morgan fingerprint density at radius 1 is 1.00 bits per heavy atom. The third-order valence-electron chi connectivity index (χ3n) is 6.00. The number of fused-ring (bicyclic) bond motifs is 1. The molecule has 3 aromatic rings. The Morgan fingerprint density at radius 2 is 1.79 bits per heavy atom. The van der Waals surface area contributed by atoms with E-state index in [1.165, 1.54) is 7.11 Å². The average Bonchev–Trinajstić information content (AvgIpc) is 3.36. The Bertz CT molecular complexity index is 1360. The second-order valence-electron chi connectivity index (χ2n) is 10.1. The molecule has 2 amide bonds. The highest BCUT2D eigenvalue weighted by Crippen LogP contribution is 2.28. The van der Waals surface area contributed by atoms with E-state index in [1.807, 2.05) is 45.0 Å². The SMILES string of the molecule is COC(=O)Cc1ccccc1NC(=O)c1nc(-c2cccc(CNC(=O)OC(C)(C)C)c2)nc2c1CCC2. The average molecular weight is 517 g/mol. The number of alkyl carbamates (subject to hydrolysis) is 1. The maximum Gasteiger partial charge on any atom is 0.407 e. The fourth-order valence-electron chi connectivity index (χ4n) is 4.26. The lowest BCUT2D eigenvalue weighted by atomic mass is 10.1. The zero-order valence-electron chi connectivity index (χ0n) is 22.1. The second-order valence-corrected chi connectivity index (χ2v) is 10.1. The van der Waals surface area contributed by atoms with Crippen LogP contribution in [0.2, 0.25) is 0 Å². The third kappa shape index (κ3) is 6.73. The van der Waals surface area contributed by atoms with Crippen molar-refractivity contribution in [3.63, 3.8) is 0 Å². The fraction of sp³-hybridized carbons (Fsp3) is 0.345. The van der Waals surface area contributed by atoms with Crippen molar-refractivity contribution in [3.8, 4) is 11.4 Å². The predicted molar refractivity (Wildman–Crippen MR) is 143 cm³/mol.